The van der Waals surface area contributed by atoms with E-state index < -0.39 is 0 Å². The normalized spacial score (nSPS) is 11.2. The fourth-order valence-corrected chi connectivity index (χ4v) is 1.79. The lowest BCUT2D eigenvalue weighted by Crippen LogP contribution is -1.82. The van der Waals surface area contributed by atoms with E-state index in [9.17, 15) is 0 Å². The molecular formula is C12H10N2. The second-order valence-electron chi connectivity index (χ2n) is 3.55. The van der Waals surface area contributed by atoms with Gasteiger partial charge in [-0.1, -0.05) is 24.3 Å². The van der Waals surface area contributed by atoms with Crippen molar-refractivity contribution in [1.82, 2.24) is 9.38 Å². The SMILES string of the molecule is Cc1cn2cc3ccccc3cc2n1. The summed E-state index contributed by atoms with van der Waals surface area (Å²) in [4.78, 5) is 4.43. The number of benzene rings is 1. The summed E-state index contributed by atoms with van der Waals surface area (Å²) < 4.78 is 2.07. The van der Waals surface area contributed by atoms with E-state index in [2.05, 4.69) is 45.9 Å². The molecule has 3 aromatic rings. The van der Waals surface area contributed by atoms with Gasteiger partial charge in [-0.15, -0.1) is 0 Å². The van der Waals surface area contributed by atoms with Crippen LogP contribution < -0.4 is 0 Å². The minimum Gasteiger partial charge on any atom is -0.306 e. The van der Waals surface area contributed by atoms with Gasteiger partial charge in [0, 0.05) is 12.4 Å². The van der Waals surface area contributed by atoms with E-state index in [1.807, 2.05) is 13.1 Å². The number of aromatic nitrogens is 2. The first kappa shape index (κ1) is 7.56. The Bertz CT molecular complexity index is 555. The maximum absolute atomic E-state index is 4.43. The van der Waals surface area contributed by atoms with Crippen molar-refractivity contribution in [2.24, 2.45) is 0 Å². The number of hydrogen-bond donors (Lipinski definition) is 0. The summed E-state index contributed by atoms with van der Waals surface area (Å²) in [6, 6.07) is 10.4. The molecule has 0 aliphatic carbocycles. The lowest BCUT2D eigenvalue weighted by Gasteiger charge is -1.98. The van der Waals surface area contributed by atoms with Crippen LogP contribution in [-0.2, 0) is 0 Å². The lowest BCUT2D eigenvalue weighted by atomic mass is 10.2. The Morgan fingerprint density at radius 1 is 1.07 bits per heavy atom. The van der Waals surface area contributed by atoms with E-state index in [4.69, 9.17) is 0 Å². The molecule has 0 radical (unpaired) electrons. The molecule has 68 valence electrons. The Morgan fingerprint density at radius 2 is 1.86 bits per heavy atom. The molecule has 3 rings (SSSR count). The highest BCUT2D eigenvalue weighted by Crippen LogP contribution is 2.16. The van der Waals surface area contributed by atoms with Crippen molar-refractivity contribution in [3.8, 4) is 0 Å². The standard InChI is InChI=1S/C12H10N2/c1-9-7-14-8-11-5-3-2-4-10(11)6-12(14)13-9/h2-8H,1H3. The third kappa shape index (κ3) is 1.01. The van der Waals surface area contributed by atoms with Crippen LogP contribution in [0.5, 0.6) is 0 Å². The van der Waals surface area contributed by atoms with Gasteiger partial charge in [-0.3, -0.25) is 0 Å². The molecule has 0 aliphatic heterocycles. The van der Waals surface area contributed by atoms with Gasteiger partial charge < -0.3 is 4.40 Å². The summed E-state index contributed by atoms with van der Waals surface area (Å²) in [7, 11) is 0. The van der Waals surface area contributed by atoms with Crippen LogP contribution >= 0.6 is 0 Å². The topological polar surface area (TPSA) is 17.3 Å². The van der Waals surface area contributed by atoms with Gasteiger partial charge in [0.25, 0.3) is 0 Å². The largest absolute Gasteiger partial charge is 0.306 e. The fourth-order valence-electron chi connectivity index (χ4n) is 1.79. The number of rotatable bonds is 0. The number of pyridine rings is 1. The third-order valence-corrected chi connectivity index (χ3v) is 2.44. The molecule has 2 heteroatoms. The van der Waals surface area contributed by atoms with E-state index >= 15 is 0 Å². The number of fused-ring (bicyclic) bond motifs is 2. The number of imidazole rings is 1. The minimum atomic E-state index is 1.02. The van der Waals surface area contributed by atoms with Crippen molar-refractivity contribution >= 4 is 16.4 Å². The Hall–Kier alpha value is -1.83. The second-order valence-corrected chi connectivity index (χ2v) is 3.55. The molecule has 0 fully saturated rings. The highest BCUT2D eigenvalue weighted by molar-refractivity contribution is 5.84. The third-order valence-electron chi connectivity index (χ3n) is 2.44. The molecule has 2 heterocycles. The van der Waals surface area contributed by atoms with Crippen molar-refractivity contribution in [2.75, 3.05) is 0 Å². The fraction of sp³-hybridized carbons (Fsp3) is 0.0833. The first-order chi connectivity index (χ1) is 6.83. The van der Waals surface area contributed by atoms with Crippen LogP contribution in [0.2, 0.25) is 0 Å². The Labute approximate surface area is 81.8 Å². The van der Waals surface area contributed by atoms with Gasteiger partial charge in [0.05, 0.1) is 5.69 Å². The summed E-state index contributed by atoms with van der Waals surface area (Å²) in [6.07, 6.45) is 4.16. The average molecular weight is 182 g/mol. The van der Waals surface area contributed by atoms with Crippen molar-refractivity contribution in [3.63, 3.8) is 0 Å². The van der Waals surface area contributed by atoms with E-state index in [1.165, 1.54) is 10.8 Å². The van der Waals surface area contributed by atoms with Crippen LogP contribution in [0.1, 0.15) is 5.69 Å². The lowest BCUT2D eigenvalue weighted by molar-refractivity contribution is 1.20. The predicted octanol–water partition coefficient (Wildman–Crippen LogP) is 2.80. The molecule has 0 saturated carbocycles. The molecule has 0 amide bonds. The van der Waals surface area contributed by atoms with Crippen LogP contribution in [0.4, 0.5) is 0 Å². The van der Waals surface area contributed by atoms with Crippen molar-refractivity contribution < 1.29 is 0 Å². The van der Waals surface area contributed by atoms with Gasteiger partial charge in [0.1, 0.15) is 5.65 Å². The Balaban J connectivity index is 2.51. The molecule has 0 spiro atoms. The molecule has 0 unspecified atom stereocenters. The molecule has 0 N–H and O–H groups in total. The quantitative estimate of drug-likeness (QED) is 0.522. The molecule has 0 aliphatic rings. The van der Waals surface area contributed by atoms with Crippen LogP contribution in [0, 0.1) is 6.92 Å². The molecule has 2 nitrogen and oxygen atoms in total. The molecule has 0 saturated heterocycles. The summed E-state index contributed by atoms with van der Waals surface area (Å²) in [5.74, 6) is 0. The second kappa shape index (κ2) is 2.58. The van der Waals surface area contributed by atoms with Gasteiger partial charge >= 0.3 is 0 Å². The summed E-state index contributed by atoms with van der Waals surface area (Å²) in [5, 5.41) is 2.49. The number of hydrogen-bond acceptors (Lipinski definition) is 1. The van der Waals surface area contributed by atoms with Crippen LogP contribution in [0.15, 0.2) is 42.7 Å². The molecule has 0 bridgehead atoms. The first-order valence-corrected chi connectivity index (χ1v) is 4.67. The highest BCUT2D eigenvalue weighted by Gasteiger charge is 1.99. The van der Waals surface area contributed by atoms with E-state index in [1.54, 1.807) is 0 Å². The zero-order valence-corrected chi connectivity index (χ0v) is 7.94. The smallest absolute Gasteiger partial charge is 0.137 e. The summed E-state index contributed by atoms with van der Waals surface area (Å²) in [6.45, 7) is 2.01. The maximum atomic E-state index is 4.43. The molecule has 14 heavy (non-hydrogen) atoms. The van der Waals surface area contributed by atoms with Gasteiger partial charge in [0.15, 0.2) is 0 Å². The highest BCUT2D eigenvalue weighted by atomic mass is 15.0. The van der Waals surface area contributed by atoms with Crippen molar-refractivity contribution in [1.29, 1.82) is 0 Å². The summed E-state index contributed by atoms with van der Waals surface area (Å²) in [5.41, 5.74) is 2.07. The number of aryl methyl sites for hydroxylation is 1. The minimum absolute atomic E-state index is 1.02. The van der Waals surface area contributed by atoms with Crippen LogP contribution in [-0.4, -0.2) is 9.38 Å². The zero-order valence-electron chi connectivity index (χ0n) is 7.94. The summed E-state index contributed by atoms with van der Waals surface area (Å²) >= 11 is 0. The van der Waals surface area contributed by atoms with E-state index in [-0.39, 0.29) is 0 Å². The maximum Gasteiger partial charge on any atom is 0.137 e. The Morgan fingerprint density at radius 3 is 2.71 bits per heavy atom. The van der Waals surface area contributed by atoms with Crippen LogP contribution in [0.3, 0.4) is 0 Å². The van der Waals surface area contributed by atoms with Gasteiger partial charge in [-0.05, 0) is 23.8 Å². The van der Waals surface area contributed by atoms with Crippen molar-refractivity contribution in [3.05, 3.63) is 48.4 Å². The average Bonchev–Trinajstić information content (AvgIpc) is 2.53. The monoisotopic (exact) mass is 182 g/mol. The molecule has 2 aromatic heterocycles. The molecule has 0 atom stereocenters. The van der Waals surface area contributed by atoms with Gasteiger partial charge in [-0.2, -0.15) is 0 Å². The first-order valence-electron chi connectivity index (χ1n) is 4.67. The van der Waals surface area contributed by atoms with Gasteiger partial charge in [-0.25, -0.2) is 4.98 Å². The van der Waals surface area contributed by atoms with E-state index in [0.29, 0.717) is 0 Å². The van der Waals surface area contributed by atoms with Crippen molar-refractivity contribution in [2.45, 2.75) is 6.92 Å². The molecule has 1 aromatic carbocycles. The van der Waals surface area contributed by atoms with E-state index in [0.717, 1.165) is 11.3 Å². The zero-order chi connectivity index (χ0) is 9.54. The molecular weight excluding hydrogens is 172 g/mol. The predicted molar refractivity (Wildman–Crippen MR) is 57.4 cm³/mol. The van der Waals surface area contributed by atoms with Gasteiger partial charge in [0.2, 0.25) is 0 Å². The number of nitrogens with zero attached hydrogens (tertiary/aromatic N) is 2. The Kier molecular flexibility index (Phi) is 1.39. The van der Waals surface area contributed by atoms with Crippen LogP contribution in [0.25, 0.3) is 16.4 Å².